The quantitative estimate of drug-likeness (QED) is 0.407. The van der Waals surface area contributed by atoms with Gasteiger partial charge in [0, 0.05) is 23.2 Å². The van der Waals surface area contributed by atoms with Crippen LogP contribution in [0.4, 0.5) is 5.69 Å². The summed E-state index contributed by atoms with van der Waals surface area (Å²) in [5.74, 6) is -0.0506. The van der Waals surface area contributed by atoms with Crippen LogP contribution < -0.4 is 10.3 Å². The third kappa shape index (κ3) is 2.85. The van der Waals surface area contributed by atoms with Crippen molar-refractivity contribution in [2.45, 2.75) is 6.54 Å². The minimum atomic E-state index is -0.0506. The number of hydrogen-bond donors (Lipinski definition) is 0. The van der Waals surface area contributed by atoms with Crippen LogP contribution in [-0.4, -0.2) is 17.5 Å². The number of carbonyl (C=O) groups is 1. The van der Waals surface area contributed by atoms with Crippen molar-refractivity contribution < 1.29 is 4.79 Å². The second kappa shape index (κ2) is 7.16. The summed E-state index contributed by atoms with van der Waals surface area (Å²) >= 11 is 0. The van der Waals surface area contributed by atoms with E-state index < -0.39 is 0 Å². The molecule has 0 unspecified atom stereocenters. The monoisotopic (exact) mass is 392 g/mol. The Morgan fingerprint density at radius 2 is 1.27 bits per heavy atom. The summed E-state index contributed by atoms with van der Waals surface area (Å²) in [7, 11) is 1.80. The molecule has 1 heterocycles. The lowest BCUT2D eigenvalue weighted by atomic mass is 10.1. The summed E-state index contributed by atoms with van der Waals surface area (Å²) in [6.45, 7) is 0.140. The Morgan fingerprint density at radius 3 is 1.93 bits per heavy atom. The first-order valence-corrected chi connectivity index (χ1v) is 9.90. The van der Waals surface area contributed by atoms with Gasteiger partial charge in [-0.1, -0.05) is 60.7 Å². The van der Waals surface area contributed by atoms with Crippen molar-refractivity contribution in [3.05, 3.63) is 101 Å². The highest BCUT2D eigenvalue weighted by molar-refractivity contribution is 6.04. The number of aromatic nitrogens is 1. The van der Waals surface area contributed by atoms with Crippen molar-refractivity contribution in [1.82, 2.24) is 4.57 Å². The molecule has 0 saturated carbocycles. The molecule has 0 aliphatic heterocycles. The fraction of sp³-hybridized carbons (Fsp3) is 0.0769. The largest absolute Gasteiger partial charge is 0.331 e. The van der Waals surface area contributed by atoms with E-state index in [4.69, 9.17) is 0 Å². The third-order valence-electron chi connectivity index (χ3n) is 5.67. The predicted molar refractivity (Wildman–Crippen MR) is 123 cm³/mol. The Balaban J connectivity index is 1.64. The molecule has 0 spiro atoms. The molecule has 4 heteroatoms. The molecule has 146 valence electrons. The first-order valence-electron chi connectivity index (χ1n) is 9.90. The van der Waals surface area contributed by atoms with E-state index in [-0.39, 0.29) is 17.9 Å². The maximum absolute atomic E-state index is 13.4. The summed E-state index contributed by atoms with van der Waals surface area (Å²) in [4.78, 5) is 28.0. The van der Waals surface area contributed by atoms with Gasteiger partial charge in [-0.25, -0.2) is 0 Å². The second-order valence-corrected chi connectivity index (χ2v) is 7.40. The molecular formula is C26H20N2O2. The minimum absolute atomic E-state index is 0.00712. The van der Waals surface area contributed by atoms with E-state index in [2.05, 4.69) is 0 Å². The highest BCUT2D eigenvalue weighted by atomic mass is 16.2. The number of likely N-dealkylation sites (N-methyl/N-ethyl adjacent to an activating group) is 1. The highest BCUT2D eigenvalue weighted by Crippen LogP contribution is 2.27. The van der Waals surface area contributed by atoms with Crippen LogP contribution in [-0.2, 0) is 11.3 Å². The van der Waals surface area contributed by atoms with Crippen LogP contribution in [0, 0.1) is 0 Å². The molecule has 5 rings (SSSR count). The Bertz CT molecular complexity index is 1420. The van der Waals surface area contributed by atoms with Crippen LogP contribution in [0.2, 0.25) is 0 Å². The molecule has 0 bridgehead atoms. The van der Waals surface area contributed by atoms with Crippen molar-refractivity contribution >= 4 is 44.2 Å². The first kappa shape index (κ1) is 18.1. The normalized spacial score (nSPS) is 11.2. The van der Waals surface area contributed by atoms with Crippen LogP contribution in [0.1, 0.15) is 0 Å². The van der Waals surface area contributed by atoms with E-state index in [1.165, 1.54) is 0 Å². The third-order valence-corrected chi connectivity index (χ3v) is 5.67. The highest BCUT2D eigenvalue weighted by Gasteiger charge is 2.17. The number of hydrogen-bond acceptors (Lipinski definition) is 2. The molecule has 0 N–H and O–H groups in total. The van der Waals surface area contributed by atoms with Gasteiger partial charge in [-0.15, -0.1) is 0 Å². The second-order valence-electron chi connectivity index (χ2n) is 7.40. The fourth-order valence-electron chi connectivity index (χ4n) is 4.12. The van der Waals surface area contributed by atoms with Crippen molar-refractivity contribution in [2.24, 2.45) is 0 Å². The van der Waals surface area contributed by atoms with Crippen LogP contribution in [0.5, 0.6) is 0 Å². The summed E-state index contributed by atoms with van der Waals surface area (Å²) in [6, 6.07) is 28.9. The average Bonchev–Trinajstić information content (AvgIpc) is 2.81. The molecular weight excluding hydrogens is 372 g/mol. The number of para-hydroxylation sites is 2. The Kier molecular flexibility index (Phi) is 4.32. The number of anilines is 1. The minimum Gasteiger partial charge on any atom is -0.331 e. The molecule has 0 aliphatic rings. The van der Waals surface area contributed by atoms with Gasteiger partial charge in [0.1, 0.15) is 6.54 Å². The van der Waals surface area contributed by atoms with Crippen LogP contribution >= 0.6 is 0 Å². The average molecular weight is 392 g/mol. The number of carbonyl (C=O) groups excluding carboxylic acids is 1. The number of rotatable bonds is 3. The fourth-order valence-corrected chi connectivity index (χ4v) is 4.12. The van der Waals surface area contributed by atoms with E-state index in [0.29, 0.717) is 10.8 Å². The predicted octanol–water partition coefficient (Wildman–Crippen LogP) is 4.97. The summed E-state index contributed by atoms with van der Waals surface area (Å²) in [6.07, 6.45) is 0. The van der Waals surface area contributed by atoms with Crippen LogP contribution in [0.15, 0.2) is 95.8 Å². The molecule has 1 amide bonds. The summed E-state index contributed by atoms with van der Waals surface area (Å²) < 4.78 is 1.94. The number of benzene rings is 4. The lowest BCUT2D eigenvalue weighted by molar-refractivity contribution is -0.118. The molecule has 5 aromatic rings. The summed E-state index contributed by atoms with van der Waals surface area (Å²) in [5.41, 5.74) is 2.39. The van der Waals surface area contributed by atoms with E-state index in [1.54, 1.807) is 11.9 Å². The van der Waals surface area contributed by atoms with Gasteiger partial charge in [0.2, 0.25) is 5.91 Å². The van der Waals surface area contributed by atoms with Crippen molar-refractivity contribution in [2.75, 3.05) is 11.9 Å². The van der Waals surface area contributed by atoms with E-state index in [9.17, 15) is 9.59 Å². The molecule has 4 nitrogen and oxygen atoms in total. The van der Waals surface area contributed by atoms with Gasteiger partial charge in [0.25, 0.3) is 0 Å². The van der Waals surface area contributed by atoms with Gasteiger partial charge in [-0.3, -0.25) is 9.59 Å². The smallest absolute Gasteiger partial charge is 0.246 e. The van der Waals surface area contributed by atoms with Gasteiger partial charge >= 0.3 is 0 Å². The Labute approximate surface area is 173 Å². The molecule has 0 fully saturated rings. The van der Waals surface area contributed by atoms with Gasteiger partial charge in [0.15, 0.2) is 5.43 Å². The number of nitrogens with zero attached hydrogens (tertiary/aromatic N) is 2. The Hall–Kier alpha value is -3.92. The molecule has 1 aromatic heterocycles. The topological polar surface area (TPSA) is 42.3 Å². The van der Waals surface area contributed by atoms with E-state index >= 15 is 0 Å². The lowest BCUT2D eigenvalue weighted by Gasteiger charge is -2.22. The first-order chi connectivity index (χ1) is 14.6. The Morgan fingerprint density at radius 1 is 0.733 bits per heavy atom. The maximum atomic E-state index is 13.4. The van der Waals surface area contributed by atoms with Crippen molar-refractivity contribution in [1.29, 1.82) is 0 Å². The molecule has 0 aliphatic carbocycles. The van der Waals surface area contributed by atoms with Crippen molar-refractivity contribution in [3.63, 3.8) is 0 Å². The van der Waals surface area contributed by atoms with Gasteiger partial charge in [0.05, 0.1) is 16.7 Å². The lowest BCUT2D eigenvalue weighted by Crippen LogP contribution is -2.31. The van der Waals surface area contributed by atoms with Crippen LogP contribution in [0.3, 0.4) is 0 Å². The molecule has 0 radical (unpaired) electrons. The molecule has 0 atom stereocenters. The zero-order chi connectivity index (χ0) is 20.7. The maximum Gasteiger partial charge on any atom is 0.246 e. The zero-order valence-electron chi connectivity index (χ0n) is 16.6. The molecule has 0 saturated heterocycles. The van der Waals surface area contributed by atoms with Crippen LogP contribution in [0.25, 0.3) is 32.6 Å². The van der Waals surface area contributed by atoms with Gasteiger partial charge in [-0.05, 0) is 35.7 Å². The molecule has 30 heavy (non-hydrogen) atoms. The van der Waals surface area contributed by atoms with Gasteiger partial charge < -0.3 is 9.47 Å². The number of fused-ring (bicyclic) bond motifs is 3. The van der Waals surface area contributed by atoms with E-state index in [0.717, 1.165) is 27.5 Å². The van der Waals surface area contributed by atoms with Crippen molar-refractivity contribution in [3.8, 4) is 0 Å². The van der Waals surface area contributed by atoms with Gasteiger partial charge in [-0.2, -0.15) is 0 Å². The summed E-state index contributed by atoms with van der Waals surface area (Å²) in [5, 5.41) is 3.37. The van der Waals surface area contributed by atoms with E-state index in [1.807, 2.05) is 95.6 Å². The number of amides is 1. The standard InChI is InChI=1S/C26H20N2O2/c1-27(22-16-8-10-18-9-2-3-11-19(18)22)25(29)17-28-23-14-6-4-12-20(23)26(30)21-13-5-7-15-24(21)28/h2-16H,17H2,1H3. The number of pyridine rings is 1. The zero-order valence-corrected chi connectivity index (χ0v) is 16.6. The molecule has 4 aromatic carbocycles. The SMILES string of the molecule is CN(C(=O)Cn1c2ccccc2c(=O)c2ccccc21)c1cccc2ccccc12.